The van der Waals surface area contributed by atoms with E-state index in [2.05, 4.69) is 5.32 Å². The maximum atomic E-state index is 13.8. The van der Waals surface area contributed by atoms with Gasteiger partial charge in [-0.1, -0.05) is 42.5 Å². The number of hydrogen-bond donors (Lipinski definition) is 1. The van der Waals surface area contributed by atoms with Crippen molar-refractivity contribution in [2.75, 3.05) is 18.5 Å². The fraction of sp³-hybridized carbons (Fsp3) is 0.250. The molecule has 1 aliphatic heterocycles. The first-order valence-electron chi connectivity index (χ1n) is 12.1. The molecule has 3 aromatic rings. The van der Waals surface area contributed by atoms with Gasteiger partial charge in [0.25, 0.3) is 11.8 Å². The average Bonchev–Trinajstić information content (AvgIpc) is 3.36. The van der Waals surface area contributed by atoms with E-state index in [-0.39, 0.29) is 46.2 Å². The lowest BCUT2D eigenvalue weighted by Gasteiger charge is -2.25. The van der Waals surface area contributed by atoms with Gasteiger partial charge in [0, 0.05) is 6.42 Å². The highest BCUT2D eigenvalue weighted by molar-refractivity contribution is 7.18. The normalized spacial score (nSPS) is 13.2. The first-order chi connectivity index (χ1) is 18.3. The van der Waals surface area contributed by atoms with Gasteiger partial charge in [0.1, 0.15) is 15.9 Å². The van der Waals surface area contributed by atoms with Crippen molar-refractivity contribution in [3.8, 4) is 0 Å². The molecule has 0 bridgehead atoms. The summed E-state index contributed by atoms with van der Waals surface area (Å²) in [6, 6.07) is 14.1. The first kappa shape index (κ1) is 26.7. The number of anilines is 1. The Balaban J connectivity index is 1.74. The van der Waals surface area contributed by atoms with E-state index in [0.29, 0.717) is 5.56 Å². The van der Waals surface area contributed by atoms with Gasteiger partial charge in [-0.25, -0.2) is 9.59 Å². The monoisotopic (exact) mass is 534 g/mol. The third-order valence-corrected chi connectivity index (χ3v) is 7.22. The molecule has 38 heavy (non-hydrogen) atoms. The lowest BCUT2D eigenvalue weighted by molar-refractivity contribution is -0.119. The molecule has 1 N–H and O–H groups in total. The second-order valence-electron chi connectivity index (χ2n) is 8.42. The summed E-state index contributed by atoms with van der Waals surface area (Å²) in [7, 11) is 0. The van der Waals surface area contributed by atoms with Gasteiger partial charge in [-0.05, 0) is 44.0 Å². The predicted molar refractivity (Wildman–Crippen MR) is 140 cm³/mol. The molecule has 0 saturated heterocycles. The third-order valence-electron chi connectivity index (χ3n) is 6.04. The summed E-state index contributed by atoms with van der Waals surface area (Å²) in [6.07, 6.45) is 0.0436. The van der Waals surface area contributed by atoms with Crippen LogP contribution in [0.3, 0.4) is 0 Å². The number of imide groups is 1. The van der Waals surface area contributed by atoms with Crippen molar-refractivity contribution in [1.29, 1.82) is 0 Å². The largest absolute Gasteiger partial charge is 0.462 e. The molecule has 10 heteroatoms. The number of esters is 2. The highest BCUT2D eigenvalue weighted by Crippen LogP contribution is 2.35. The molecule has 0 radical (unpaired) electrons. The quantitative estimate of drug-likeness (QED) is 0.322. The van der Waals surface area contributed by atoms with Gasteiger partial charge in [0.2, 0.25) is 5.91 Å². The summed E-state index contributed by atoms with van der Waals surface area (Å²) in [4.78, 5) is 66.7. The number of hydrogen-bond acceptors (Lipinski definition) is 8. The van der Waals surface area contributed by atoms with E-state index in [1.54, 1.807) is 69.3 Å². The van der Waals surface area contributed by atoms with Crippen LogP contribution in [0.2, 0.25) is 0 Å². The minimum absolute atomic E-state index is 0.0223. The van der Waals surface area contributed by atoms with Gasteiger partial charge in [0.15, 0.2) is 0 Å². The molecule has 1 atom stereocenters. The third kappa shape index (κ3) is 5.08. The number of rotatable bonds is 9. The van der Waals surface area contributed by atoms with Crippen LogP contribution in [0.15, 0.2) is 54.6 Å². The average molecular weight is 535 g/mol. The standard InChI is InChI=1S/C28H26N2O7S/c1-4-36-27(34)21-16(3)22(28(35)37-5-2)38-24(21)29-23(31)20(15-17-11-7-6-8-12-17)30-25(32)18-13-9-10-14-19(18)26(30)33/h6-14,20H,4-5,15H2,1-3H3,(H,29,31). The number of carbonyl (C=O) groups excluding carboxylic acids is 5. The molecule has 0 fully saturated rings. The van der Waals surface area contributed by atoms with Crippen LogP contribution in [0.25, 0.3) is 0 Å². The summed E-state index contributed by atoms with van der Waals surface area (Å²) < 4.78 is 10.3. The second kappa shape index (κ2) is 11.4. The summed E-state index contributed by atoms with van der Waals surface area (Å²) in [5, 5.41) is 2.77. The maximum Gasteiger partial charge on any atom is 0.348 e. The molecule has 1 aromatic heterocycles. The number of ether oxygens (including phenoxy) is 2. The number of amides is 3. The van der Waals surface area contributed by atoms with Crippen molar-refractivity contribution < 1.29 is 33.4 Å². The minimum Gasteiger partial charge on any atom is -0.462 e. The fourth-order valence-electron chi connectivity index (χ4n) is 4.27. The lowest BCUT2D eigenvalue weighted by atomic mass is 10.0. The summed E-state index contributed by atoms with van der Waals surface area (Å²) >= 11 is 0.876. The number of benzene rings is 2. The Kier molecular flexibility index (Phi) is 8.02. The Hall–Kier alpha value is -4.31. The Morgan fingerprint density at radius 1 is 0.868 bits per heavy atom. The molecule has 2 heterocycles. The van der Waals surface area contributed by atoms with E-state index in [1.165, 1.54) is 0 Å². The van der Waals surface area contributed by atoms with Crippen molar-refractivity contribution >= 4 is 46.0 Å². The van der Waals surface area contributed by atoms with Crippen LogP contribution in [0, 0.1) is 6.92 Å². The van der Waals surface area contributed by atoms with Gasteiger partial charge in [-0.15, -0.1) is 11.3 Å². The van der Waals surface area contributed by atoms with Gasteiger partial charge >= 0.3 is 11.9 Å². The first-order valence-corrected chi connectivity index (χ1v) is 12.9. The SMILES string of the molecule is CCOC(=O)c1sc(NC(=O)C(Cc2ccccc2)N2C(=O)c3ccccc3C2=O)c(C(=O)OCC)c1C. The number of thiophene rings is 1. The molecule has 3 amide bonds. The van der Waals surface area contributed by atoms with E-state index in [1.807, 2.05) is 6.07 Å². The van der Waals surface area contributed by atoms with Crippen molar-refractivity contribution in [3.63, 3.8) is 0 Å². The van der Waals surface area contributed by atoms with Crippen molar-refractivity contribution in [3.05, 3.63) is 87.3 Å². The summed E-state index contributed by atoms with van der Waals surface area (Å²) in [5.41, 5.74) is 1.49. The fourth-order valence-corrected chi connectivity index (χ4v) is 5.36. The smallest absolute Gasteiger partial charge is 0.348 e. The summed E-state index contributed by atoms with van der Waals surface area (Å²) in [5.74, 6) is -3.20. The zero-order chi connectivity index (χ0) is 27.4. The topological polar surface area (TPSA) is 119 Å². The van der Waals surface area contributed by atoms with Crippen LogP contribution in [-0.4, -0.2) is 53.8 Å². The molecule has 2 aromatic carbocycles. The molecule has 9 nitrogen and oxygen atoms in total. The van der Waals surface area contributed by atoms with Crippen LogP contribution in [-0.2, 0) is 20.7 Å². The minimum atomic E-state index is -1.23. The zero-order valence-corrected chi connectivity index (χ0v) is 21.9. The molecule has 1 unspecified atom stereocenters. The predicted octanol–water partition coefficient (Wildman–Crippen LogP) is 4.26. The highest BCUT2D eigenvalue weighted by Gasteiger charge is 2.43. The van der Waals surface area contributed by atoms with E-state index < -0.39 is 35.7 Å². The molecular formula is C28H26N2O7S. The highest BCUT2D eigenvalue weighted by atomic mass is 32.1. The van der Waals surface area contributed by atoms with E-state index >= 15 is 0 Å². The second-order valence-corrected chi connectivity index (χ2v) is 9.44. The van der Waals surface area contributed by atoms with Crippen molar-refractivity contribution in [1.82, 2.24) is 4.90 Å². The number of carbonyl (C=O) groups is 5. The molecule has 4 rings (SSSR count). The number of fused-ring (bicyclic) bond motifs is 1. The van der Waals surface area contributed by atoms with Gasteiger partial charge in [-0.3, -0.25) is 19.3 Å². The van der Waals surface area contributed by atoms with Crippen LogP contribution >= 0.6 is 11.3 Å². The van der Waals surface area contributed by atoms with Crippen molar-refractivity contribution in [2.45, 2.75) is 33.2 Å². The van der Waals surface area contributed by atoms with E-state index in [4.69, 9.17) is 9.47 Å². The molecule has 0 saturated carbocycles. The maximum absolute atomic E-state index is 13.8. The van der Waals surface area contributed by atoms with Gasteiger partial charge in [0.05, 0.1) is 29.9 Å². The van der Waals surface area contributed by atoms with Crippen LogP contribution in [0.4, 0.5) is 5.00 Å². The van der Waals surface area contributed by atoms with E-state index in [9.17, 15) is 24.0 Å². The molecule has 0 spiro atoms. The molecular weight excluding hydrogens is 508 g/mol. The van der Waals surface area contributed by atoms with Crippen LogP contribution in [0.1, 0.15) is 65.7 Å². The Labute approximate surface area is 223 Å². The Morgan fingerprint density at radius 3 is 2.00 bits per heavy atom. The van der Waals surface area contributed by atoms with Crippen LogP contribution in [0.5, 0.6) is 0 Å². The Bertz CT molecular complexity index is 1380. The van der Waals surface area contributed by atoms with Crippen molar-refractivity contribution in [2.24, 2.45) is 0 Å². The van der Waals surface area contributed by atoms with E-state index in [0.717, 1.165) is 21.8 Å². The number of nitrogens with zero attached hydrogens (tertiary/aromatic N) is 1. The van der Waals surface area contributed by atoms with Gasteiger partial charge in [-0.2, -0.15) is 0 Å². The lowest BCUT2D eigenvalue weighted by Crippen LogP contribution is -2.48. The Morgan fingerprint density at radius 2 is 1.42 bits per heavy atom. The molecule has 0 aliphatic carbocycles. The number of nitrogens with one attached hydrogen (secondary N) is 1. The summed E-state index contributed by atoms with van der Waals surface area (Å²) in [6.45, 7) is 5.08. The van der Waals surface area contributed by atoms with Crippen LogP contribution < -0.4 is 5.32 Å². The zero-order valence-electron chi connectivity index (χ0n) is 21.1. The van der Waals surface area contributed by atoms with Gasteiger partial charge < -0.3 is 14.8 Å². The molecule has 196 valence electrons. The molecule has 1 aliphatic rings.